The quantitative estimate of drug-likeness (QED) is 0.699. The second kappa shape index (κ2) is 3.06. The van der Waals surface area contributed by atoms with Crippen LogP contribution in [0.25, 0.3) is 10.9 Å². The van der Waals surface area contributed by atoms with Gasteiger partial charge in [-0.1, -0.05) is 6.07 Å². The highest BCUT2D eigenvalue weighted by Crippen LogP contribution is 2.35. The van der Waals surface area contributed by atoms with Gasteiger partial charge in [-0.15, -0.1) is 4.91 Å². The topological polar surface area (TPSA) is 62.5 Å². The molecule has 0 saturated carbocycles. The maximum absolute atomic E-state index is 10.4. The minimum atomic E-state index is -0.152. The molecule has 1 N–H and O–H groups in total. The van der Waals surface area contributed by atoms with Crippen LogP contribution in [0.4, 0.5) is 5.69 Å². The van der Waals surface area contributed by atoms with Crippen molar-refractivity contribution in [1.29, 1.82) is 0 Å². The van der Waals surface area contributed by atoms with Crippen molar-refractivity contribution in [2.45, 2.75) is 6.92 Å². The van der Waals surface area contributed by atoms with E-state index in [1.165, 1.54) is 0 Å². The third kappa shape index (κ3) is 1.12. The number of benzene rings is 1. The number of rotatable bonds is 1. The molecular formula is C10H8N2O2. The zero-order valence-corrected chi connectivity index (χ0v) is 7.56. The third-order valence-electron chi connectivity index (χ3n) is 2.15. The van der Waals surface area contributed by atoms with Gasteiger partial charge < -0.3 is 5.11 Å². The fourth-order valence-corrected chi connectivity index (χ4v) is 1.45. The van der Waals surface area contributed by atoms with E-state index in [0.29, 0.717) is 5.52 Å². The first-order valence-electron chi connectivity index (χ1n) is 4.14. The molecule has 0 bridgehead atoms. The van der Waals surface area contributed by atoms with Crippen molar-refractivity contribution in [2.75, 3.05) is 0 Å². The molecule has 14 heavy (non-hydrogen) atoms. The van der Waals surface area contributed by atoms with Crippen LogP contribution in [0.2, 0.25) is 0 Å². The van der Waals surface area contributed by atoms with Gasteiger partial charge in [0.25, 0.3) is 0 Å². The molecule has 1 aromatic heterocycles. The summed E-state index contributed by atoms with van der Waals surface area (Å²) in [6.45, 7) is 1.85. The highest BCUT2D eigenvalue weighted by atomic mass is 16.3. The first-order valence-corrected chi connectivity index (χ1v) is 4.14. The van der Waals surface area contributed by atoms with Gasteiger partial charge in [-0.2, -0.15) is 0 Å². The lowest BCUT2D eigenvalue weighted by Gasteiger charge is -2.04. The van der Waals surface area contributed by atoms with Crippen molar-refractivity contribution < 1.29 is 5.11 Å². The molecule has 2 aromatic rings. The Hall–Kier alpha value is -1.97. The fraction of sp³-hybridized carbons (Fsp3) is 0.100. The molecule has 0 amide bonds. The number of phenols is 1. The predicted molar refractivity (Wildman–Crippen MR) is 53.6 cm³/mol. The van der Waals surface area contributed by atoms with Gasteiger partial charge in [0.2, 0.25) is 0 Å². The highest BCUT2D eigenvalue weighted by molar-refractivity contribution is 5.91. The third-order valence-corrected chi connectivity index (χ3v) is 2.15. The smallest absolute Gasteiger partial charge is 0.171 e. The molecule has 0 radical (unpaired) electrons. The van der Waals surface area contributed by atoms with Crippen LogP contribution in [-0.4, -0.2) is 10.1 Å². The number of hydrogen-bond acceptors (Lipinski definition) is 4. The van der Waals surface area contributed by atoms with Crippen LogP contribution >= 0.6 is 0 Å². The van der Waals surface area contributed by atoms with E-state index in [4.69, 9.17) is 0 Å². The number of phenolic OH excluding ortho intramolecular Hbond substituents is 1. The summed E-state index contributed by atoms with van der Waals surface area (Å²) in [5, 5.41) is 13.2. The first-order chi connectivity index (χ1) is 6.74. The average molecular weight is 188 g/mol. The van der Waals surface area contributed by atoms with Gasteiger partial charge in [-0.25, -0.2) is 0 Å². The van der Waals surface area contributed by atoms with Gasteiger partial charge in [-0.05, 0) is 29.8 Å². The number of nitroso groups, excluding NO2 is 1. The van der Waals surface area contributed by atoms with Crippen molar-refractivity contribution in [2.24, 2.45) is 5.18 Å². The minimum absolute atomic E-state index is 0.0358. The van der Waals surface area contributed by atoms with Gasteiger partial charge in [0.05, 0.1) is 0 Å². The fourth-order valence-electron chi connectivity index (χ4n) is 1.45. The van der Waals surface area contributed by atoms with Crippen molar-refractivity contribution in [3.63, 3.8) is 0 Å². The van der Waals surface area contributed by atoms with Crippen LogP contribution in [-0.2, 0) is 0 Å². The predicted octanol–water partition coefficient (Wildman–Crippen LogP) is 2.65. The zero-order chi connectivity index (χ0) is 10.1. The molecule has 4 nitrogen and oxygen atoms in total. The van der Waals surface area contributed by atoms with Crippen LogP contribution in [0.3, 0.4) is 0 Å². The Balaban J connectivity index is 2.94. The van der Waals surface area contributed by atoms with E-state index < -0.39 is 0 Å². The van der Waals surface area contributed by atoms with Crippen molar-refractivity contribution in [1.82, 2.24) is 4.98 Å². The molecule has 1 heterocycles. The van der Waals surface area contributed by atoms with E-state index >= 15 is 0 Å². The number of nitrogens with zero attached hydrogens (tertiary/aromatic N) is 2. The number of aromatic hydroxyl groups is 1. The summed E-state index contributed by atoms with van der Waals surface area (Å²) in [5.41, 5.74) is 1.33. The van der Waals surface area contributed by atoms with E-state index in [-0.39, 0.29) is 11.4 Å². The summed E-state index contributed by atoms with van der Waals surface area (Å²) in [7, 11) is 0. The number of pyridine rings is 1. The van der Waals surface area contributed by atoms with Gasteiger partial charge in [-0.3, -0.25) is 4.98 Å². The van der Waals surface area contributed by atoms with Crippen LogP contribution in [0.1, 0.15) is 5.56 Å². The van der Waals surface area contributed by atoms with Crippen molar-refractivity contribution in [3.05, 3.63) is 34.9 Å². The minimum Gasteiger partial charge on any atom is -0.504 e. The molecule has 1 aromatic carbocycles. The first kappa shape index (κ1) is 8.62. The lowest BCUT2D eigenvalue weighted by atomic mass is 10.1. The summed E-state index contributed by atoms with van der Waals surface area (Å²) in [6, 6.07) is 5.17. The lowest BCUT2D eigenvalue weighted by Crippen LogP contribution is -1.83. The standard InChI is InChI=1S/C10H8N2O2/c1-6-5-8(12-14)10(13)9-7(6)3-2-4-11-9/h2-5,13H,1H3. The number of aryl methyl sites for hydroxylation is 1. The van der Waals surface area contributed by atoms with Crippen LogP contribution < -0.4 is 0 Å². The maximum Gasteiger partial charge on any atom is 0.171 e. The second-order valence-electron chi connectivity index (χ2n) is 3.05. The summed E-state index contributed by atoms with van der Waals surface area (Å²) in [5.74, 6) is -0.152. The monoisotopic (exact) mass is 188 g/mol. The summed E-state index contributed by atoms with van der Waals surface area (Å²) < 4.78 is 0. The molecule has 0 unspecified atom stereocenters. The molecule has 4 heteroatoms. The Morgan fingerprint density at radius 2 is 2.29 bits per heavy atom. The molecule has 0 atom stereocenters. The normalized spacial score (nSPS) is 10.4. The highest BCUT2D eigenvalue weighted by Gasteiger charge is 2.09. The van der Waals surface area contributed by atoms with Gasteiger partial charge >= 0.3 is 0 Å². The molecule has 0 aliphatic rings. The maximum atomic E-state index is 10.4. The SMILES string of the molecule is Cc1cc(N=O)c(O)c2ncccc12. The summed E-state index contributed by atoms with van der Waals surface area (Å²) >= 11 is 0. The number of fused-ring (bicyclic) bond motifs is 1. The van der Waals surface area contributed by atoms with Crippen molar-refractivity contribution in [3.8, 4) is 5.75 Å². The summed E-state index contributed by atoms with van der Waals surface area (Å²) in [4.78, 5) is 14.4. The molecule has 0 spiro atoms. The summed E-state index contributed by atoms with van der Waals surface area (Å²) in [6.07, 6.45) is 1.57. The van der Waals surface area contributed by atoms with E-state index in [0.717, 1.165) is 10.9 Å². The van der Waals surface area contributed by atoms with Crippen LogP contribution in [0.5, 0.6) is 5.75 Å². The zero-order valence-electron chi connectivity index (χ0n) is 7.56. The van der Waals surface area contributed by atoms with Crippen LogP contribution in [0, 0.1) is 11.8 Å². The Morgan fingerprint density at radius 3 is 3.00 bits per heavy atom. The molecular weight excluding hydrogens is 180 g/mol. The van der Waals surface area contributed by atoms with Crippen LogP contribution in [0.15, 0.2) is 29.6 Å². The largest absolute Gasteiger partial charge is 0.504 e. The van der Waals surface area contributed by atoms with E-state index in [9.17, 15) is 10.0 Å². The molecule has 0 aliphatic heterocycles. The Labute approximate surface area is 80.2 Å². The molecule has 70 valence electrons. The van der Waals surface area contributed by atoms with E-state index in [1.807, 2.05) is 13.0 Å². The number of hydrogen-bond donors (Lipinski definition) is 1. The Morgan fingerprint density at radius 1 is 1.50 bits per heavy atom. The Bertz CT molecular complexity index is 509. The van der Waals surface area contributed by atoms with E-state index in [1.54, 1.807) is 18.3 Å². The molecule has 0 aliphatic carbocycles. The molecule has 0 fully saturated rings. The lowest BCUT2D eigenvalue weighted by molar-refractivity contribution is 0.481. The Kier molecular flexibility index (Phi) is 1.89. The van der Waals surface area contributed by atoms with E-state index in [2.05, 4.69) is 10.2 Å². The molecule has 0 saturated heterocycles. The number of aromatic nitrogens is 1. The van der Waals surface area contributed by atoms with Gasteiger partial charge in [0.15, 0.2) is 11.4 Å². The second-order valence-corrected chi connectivity index (χ2v) is 3.05. The van der Waals surface area contributed by atoms with Gasteiger partial charge in [0.1, 0.15) is 5.52 Å². The average Bonchev–Trinajstić information content (AvgIpc) is 2.23. The van der Waals surface area contributed by atoms with Crippen molar-refractivity contribution >= 4 is 16.6 Å². The molecule has 2 rings (SSSR count). The van der Waals surface area contributed by atoms with Gasteiger partial charge in [0, 0.05) is 11.6 Å².